The van der Waals surface area contributed by atoms with E-state index < -0.39 is 6.04 Å². The van der Waals surface area contributed by atoms with E-state index in [-0.39, 0.29) is 11.8 Å². The molecule has 2 heterocycles. The Balaban J connectivity index is 1.77. The fourth-order valence-electron chi connectivity index (χ4n) is 4.13. The minimum Gasteiger partial charge on any atom is -0.353 e. The second kappa shape index (κ2) is 9.47. The summed E-state index contributed by atoms with van der Waals surface area (Å²) in [5.41, 5.74) is 6.09. The van der Waals surface area contributed by atoms with Gasteiger partial charge in [0.15, 0.2) is 0 Å². The van der Waals surface area contributed by atoms with E-state index in [1.165, 1.54) is 12.8 Å². The van der Waals surface area contributed by atoms with E-state index >= 15 is 0 Å². The zero-order valence-corrected chi connectivity index (χ0v) is 17.0. The number of hydrogen-bond donors (Lipinski definition) is 2. The van der Waals surface area contributed by atoms with E-state index in [1.54, 1.807) is 29.4 Å². The van der Waals surface area contributed by atoms with E-state index in [1.807, 2.05) is 0 Å². The monoisotopic (exact) mass is 387 g/mol. The second-order valence-electron chi connectivity index (χ2n) is 8.34. The van der Waals surface area contributed by atoms with E-state index in [4.69, 9.17) is 5.73 Å². The van der Waals surface area contributed by atoms with Crippen LogP contribution < -0.4 is 11.1 Å². The van der Waals surface area contributed by atoms with Crippen molar-refractivity contribution in [2.45, 2.75) is 57.7 Å². The van der Waals surface area contributed by atoms with Crippen LogP contribution in [0, 0.1) is 5.92 Å². The SMILES string of the molecule is CC(C)CN(C1CC1)C1CCN(C(=O)c2cccnc2)[C@@H](C(=O)NCCN)C1. The largest absolute Gasteiger partial charge is 0.353 e. The lowest BCUT2D eigenvalue weighted by Crippen LogP contribution is -2.58. The molecular formula is C21H33N5O2. The van der Waals surface area contributed by atoms with Crippen LogP contribution in [-0.4, -0.2) is 70.9 Å². The molecule has 0 spiro atoms. The Bertz CT molecular complexity index is 662. The highest BCUT2D eigenvalue weighted by Crippen LogP contribution is 2.34. The summed E-state index contributed by atoms with van der Waals surface area (Å²) in [7, 11) is 0. The highest BCUT2D eigenvalue weighted by molar-refractivity contribution is 5.97. The van der Waals surface area contributed by atoms with Crippen LogP contribution >= 0.6 is 0 Å². The van der Waals surface area contributed by atoms with Gasteiger partial charge in [-0.1, -0.05) is 13.8 Å². The highest BCUT2D eigenvalue weighted by atomic mass is 16.2. The summed E-state index contributed by atoms with van der Waals surface area (Å²) in [5, 5.41) is 2.89. The molecule has 3 rings (SSSR count). The third-order valence-corrected chi connectivity index (χ3v) is 5.55. The lowest BCUT2D eigenvalue weighted by atomic mass is 9.93. The van der Waals surface area contributed by atoms with Crippen LogP contribution in [0.4, 0.5) is 0 Å². The van der Waals surface area contributed by atoms with Gasteiger partial charge in [0, 0.05) is 50.7 Å². The third kappa shape index (κ3) is 5.08. The Morgan fingerprint density at radius 2 is 2.11 bits per heavy atom. The summed E-state index contributed by atoms with van der Waals surface area (Å²) in [4.78, 5) is 34.3. The quantitative estimate of drug-likeness (QED) is 0.700. The molecule has 28 heavy (non-hydrogen) atoms. The lowest BCUT2D eigenvalue weighted by Gasteiger charge is -2.43. The van der Waals surface area contributed by atoms with Crippen molar-refractivity contribution in [2.75, 3.05) is 26.2 Å². The number of rotatable bonds is 8. The van der Waals surface area contributed by atoms with Crippen molar-refractivity contribution in [3.8, 4) is 0 Å². The molecule has 0 bridgehead atoms. The summed E-state index contributed by atoms with van der Waals surface area (Å²) in [6.07, 6.45) is 7.27. The molecule has 2 aliphatic rings. The molecule has 2 atom stereocenters. The number of nitrogens with one attached hydrogen (secondary N) is 1. The topological polar surface area (TPSA) is 91.6 Å². The van der Waals surface area contributed by atoms with Crippen LogP contribution in [0.2, 0.25) is 0 Å². The molecule has 154 valence electrons. The number of pyridine rings is 1. The Kier molecular flexibility index (Phi) is 7.02. The maximum absolute atomic E-state index is 13.1. The molecule has 1 unspecified atom stereocenters. The fraction of sp³-hybridized carbons (Fsp3) is 0.667. The molecule has 2 fully saturated rings. The normalized spacial score (nSPS) is 22.5. The standard InChI is InChI=1S/C21H33N5O2/c1-15(2)14-26(17-5-6-17)18-7-11-25(19(12-18)20(27)24-10-8-22)21(28)16-4-3-9-23-13-16/h3-4,9,13,15,17-19H,5-8,10-12,14,22H2,1-2H3,(H,24,27)/t18?,19-/m1/s1. The van der Waals surface area contributed by atoms with Gasteiger partial charge in [0.1, 0.15) is 6.04 Å². The molecular weight excluding hydrogens is 354 g/mol. The molecule has 7 nitrogen and oxygen atoms in total. The molecule has 3 N–H and O–H groups in total. The molecule has 1 aromatic heterocycles. The molecule has 1 saturated heterocycles. The van der Waals surface area contributed by atoms with Crippen molar-refractivity contribution >= 4 is 11.8 Å². The van der Waals surface area contributed by atoms with Gasteiger partial charge in [-0.3, -0.25) is 19.5 Å². The number of amides is 2. The molecule has 1 aromatic rings. The molecule has 7 heteroatoms. The maximum atomic E-state index is 13.1. The lowest BCUT2D eigenvalue weighted by molar-refractivity contribution is -0.127. The van der Waals surface area contributed by atoms with Crippen LogP contribution in [0.1, 0.15) is 49.9 Å². The maximum Gasteiger partial charge on any atom is 0.256 e. The number of carbonyl (C=O) groups excluding carboxylic acids is 2. The molecule has 2 amide bonds. The summed E-state index contributed by atoms with van der Waals surface area (Å²) in [6.45, 7) is 6.92. The van der Waals surface area contributed by atoms with Gasteiger partial charge >= 0.3 is 0 Å². The number of hydrogen-bond acceptors (Lipinski definition) is 5. The Labute approximate surface area is 167 Å². The Morgan fingerprint density at radius 3 is 2.71 bits per heavy atom. The van der Waals surface area contributed by atoms with Crippen LogP contribution in [0.25, 0.3) is 0 Å². The average Bonchev–Trinajstić information content (AvgIpc) is 3.55. The van der Waals surface area contributed by atoms with E-state index in [9.17, 15) is 9.59 Å². The first kappa shape index (κ1) is 20.7. The summed E-state index contributed by atoms with van der Waals surface area (Å²) >= 11 is 0. The van der Waals surface area contributed by atoms with Gasteiger partial charge in [0.2, 0.25) is 5.91 Å². The van der Waals surface area contributed by atoms with Crippen molar-refractivity contribution < 1.29 is 9.59 Å². The molecule has 1 aliphatic heterocycles. The van der Waals surface area contributed by atoms with Crippen LogP contribution in [0.15, 0.2) is 24.5 Å². The highest BCUT2D eigenvalue weighted by Gasteiger charge is 2.42. The van der Waals surface area contributed by atoms with Crippen molar-refractivity contribution in [3.05, 3.63) is 30.1 Å². The fourth-order valence-corrected chi connectivity index (χ4v) is 4.13. The molecule has 0 radical (unpaired) electrons. The minimum absolute atomic E-state index is 0.104. The number of nitrogens with zero attached hydrogens (tertiary/aromatic N) is 3. The zero-order chi connectivity index (χ0) is 20.1. The second-order valence-corrected chi connectivity index (χ2v) is 8.34. The number of carbonyl (C=O) groups is 2. The Hall–Kier alpha value is -1.99. The molecule has 0 aromatic carbocycles. The van der Waals surface area contributed by atoms with Gasteiger partial charge in [-0.2, -0.15) is 0 Å². The van der Waals surface area contributed by atoms with Crippen molar-refractivity contribution in [2.24, 2.45) is 11.7 Å². The van der Waals surface area contributed by atoms with Gasteiger partial charge in [0.25, 0.3) is 5.91 Å². The van der Waals surface area contributed by atoms with Crippen LogP contribution in [0.5, 0.6) is 0 Å². The summed E-state index contributed by atoms with van der Waals surface area (Å²) in [5.74, 6) is 0.356. The predicted octanol–water partition coefficient (Wildman–Crippen LogP) is 1.25. The van der Waals surface area contributed by atoms with Crippen LogP contribution in [-0.2, 0) is 4.79 Å². The Morgan fingerprint density at radius 1 is 1.32 bits per heavy atom. The smallest absolute Gasteiger partial charge is 0.256 e. The van der Waals surface area contributed by atoms with Gasteiger partial charge < -0.3 is 16.0 Å². The third-order valence-electron chi connectivity index (χ3n) is 5.55. The first-order chi connectivity index (χ1) is 13.5. The summed E-state index contributed by atoms with van der Waals surface area (Å²) < 4.78 is 0. The van der Waals surface area contributed by atoms with Gasteiger partial charge in [-0.05, 0) is 43.7 Å². The van der Waals surface area contributed by atoms with Crippen molar-refractivity contribution in [1.82, 2.24) is 20.1 Å². The van der Waals surface area contributed by atoms with E-state index in [0.29, 0.717) is 49.6 Å². The number of piperidine rings is 1. The molecule has 1 saturated carbocycles. The number of aromatic nitrogens is 1. The molecule has 1 aliphatic carbocycles. The summed E-state index contributed by atoms with van der Waals surface area (Å²) in [6, 6.07) is 4.01. The van der Waals surface area contributed by atoms with Gasteiger partial charge in [0.05, 0.1) is 5.56 Å². The van der Waals surface area contributed by atoms with E-state index in [0.717, 1.165) is 13.0 Å². The van der Waals surface area contributed by atoms with Gasteiger partial charge in [-0.25, -0.2) is 0 Å². The number of nitrogens with two attached hydrogens (primary N) is 1. The van der Waals surface area contributed by atoms with Crippen molar-refractivity contribution in [1.29, 1.82) is 0 Å². The first-order valence-corrected chi connectivity index (χ1v) is 10.5. The van der Waals surface area contributed by atoms with Crippen molar-refractivity contribution in [3.63, 3.8) is 0 Å². The van der Waals surface area contributed by atoms with Gasteiger partial charge in [-0.15, -0.1) is 0 Å². The predicted molar refractivity (Wildman–Crippen MR) is 109 cm³/mol. The first-order valence-electron chi connectivity index (χ1n) is 10.5. The van der Waals surface area contributed by atoms with E-state index in [2.05, 4.69) is 29.0 Å². The average molecular weight is 388 g/mol. The number of likely N-dealkylation sites (tertiary alicyclic amines) is 1. The zero-order valence-electron chi connectivity index (χ0n) is 17.0. The minimum atomic E-state index is -0.466. The van der Waals surface area contributed by atoms with Crippen LogP contribution in [0.3, 0.4) is 0 Å².